The zero-order chi connectivity index (χ0) is 18.0. The summed E-state index contributed by atoms with van der Waals surface area (Å²) in [7, 11) is 4.34. The van der Waals surface area contributed by atoms with Crippen LogP contribution in [0.5, 0.6) is 11.5 Å². The Morgan fingerprint density at radius 1 is 1.04 bits per heavy atom. The van der Waals surface area contributed by atoms with Crippen LogP contribution < -0.4 is 14.4 Å². The summed E-state index contributed by atoms with van der Waals surface area (Å²) in [5.41, 5.74) is 1.95. The molecule has 1 aliphatic rings. The fourth-order valence-electron chi connectivity index (χ4n) is 3.07. The Kier molecular flexibility index (Phi) is 4.61. The van der Waals surface area contributed by atoms with Gasteiger partial charge in [0.25, 0.3) is 5.91 Å². The van der Waals surface area contributed by atoms with E-state index in [1.54, 1.807) is 18.2 Å². The molecule has 0 aliphatic carbocycles. The van der Waals surface area contributed by atoms with Gasteiger partial charge >= 0.3 is 5.97 Å². The minimum atomic E-state index is -0.703. The van der Waals surface area contributed by atoms with Gasteiger partial charge < -0.3 is 14.2 Å². The van der Waals surface area contributed by atoms with E-state index in [-0.39, 0.29) is 5.91 Å². The maximum absolute atomic E-state index is 13.3. The minimum absolute atomic E-state index is 0.326. The molecule has 0 radical (unpaired) electrons. The van der Waals surface area contributed by atoms with E-state index in [0.29, 0.717) is 29.2 Å². The lowest BCUT2D eigenvalue weighted by Gasteiger charge is -2.24. The standard InChI is InChI=1S/C19H19NO5/c1-23-13-8-9-17(24-2)14(11-13)18(21)20-15-7-5-4-6-12(15)10-16(20)19(22)25-3/h4-9,11,16H,10H2,1-3H3. The average molecular weight is 341 g/mol. The third kappa shape index (κ3) is 2.91. The van der Waals surface area contributed by atoms with Gasteiger partial charge in [0.15, 0.2) is 0 Å². The lowest BCUT2D eigenvalue weighted by Crippen LogP contribution is -2.43. The zero-order valence-corrected chi connectivity index (χ0v) is 14.3. The molecule has 1 unspecified atom stereocenters. The number of para-hydroxylation sites is 1. The fourth-order valence-corrected chi connectivity index (χ4v) is 3.07. The summed E-state index contributed by atoms with van der Waals surface area (Å²) in [6.07, 6.45) is 0.418. The fraction of sp³-hybridized carbons (Fsp3) is 0.263. The van der Waals surface area contributed by atoms with Crippen LogP contribution in [-0.4, -0.2) is 39.2 Å². The zero-order valence-electron chi connectivity index (χ0n) is 14.3. The van der Waals surface area contributed by atoms with Crippen molar-refractivity contribution >= 4 is 17.6 Å². The van der Waals surface area contributed by atoms with Gasteiger partial charge in [-0.3, -0.25) is 9.69 Å². The van der Waals surface area contributed by atoms with E-state index in [4.69, 9.17) is 14.2 Å². The molecule has 0 bridgehead atoms. The first-order chi connectivity index (χ1) is 12.1. The van der Waals surface area contributed by atoms with Crippen LogP contribution >= 0.6 is 0 Å². The van der Waals surface area contributed by atoms with Crippen LogP contribution in [0.1, 0.15) is 15.9 Å². The molecule has 0 fully saturated rings. The molecule has 1 aliphatic heterocycles. The van der Waals surface area contributed by atoms with Crippen molar-refractivity contribution in [3.8, 4) is 11.5 Å². The summed E-state index contributed by atoms with van der Waals surface area (Å²) < 4.78 is 15.4. The van der Waals surface area contributed by atoms with Crippen molar-refractivity contribution in [2.75, 3.05) is 26.2 Å². The Morgan fingerprint density at radius 2 is 1.80 bits per heavy atom. The van der Waals surface area contributed by atoms with Crippen molar-refractivity contribution in [1.82, 2.24) is 0 Å². The Balaban J connectivity index is 2.09. The van der Waals surface area contributed by atoms with E-state index in [2.05, 4.69) is 0 Å². The topological polar surface area (TPSA) is 65.1 Å². The molecule has 0 saturated carbocycles. The summed E-state index contributed by atoms with van der Waals surface area (Å²) in [5.74, 6) is 0.160. The van der Waals surface area contributed by atoms with Gasteiger partial charge in [-0.25, -0.2) is 4.79 Å². The van der Waals surface area contributed by atoms with Crippen molar-refractivity contribution in [3.63, 3.8) is 0 Å². The smallest absolute Gasteiger partial charge is 0.329 e. The predicted octanol–water partition coefficient (Wildman–Crippen LogP) is 2.45. The number of hydrogen-bond donors (Lipinski definition) is 0. The van der Waals surface area contributed by atoms with Gasteiger partial charge in [-0.15, -0.1) is 0 Å². The van der Waals surface area contributed by atoms with Crippen LogP contribution in [0, 0.1) is 0 Å². The predicted molar refractivity (Wildman–Crippen MR) is 92.3 cm³/mol. The van der Waals surface area contributed by atoms with Gasteiger partial charge in [0.2, 0.25) is 0 Å². The molecule has 1 amide bonds. The number of amides is 1. The molecule has 6 heteroatoms. The van der Waals surface area contributed by atoms with E-state index < -0.39 is 12.0 Å². The second-order valence-corrected chi connectivity index (χ2v) is 5.61. The molecule has 1 atom stereocenters. The van der Waals surface area contributed by atoms with Gasteiger partial charge in [-0.2, -0.15) is 0 Å². The van der Waals surface area contributed by atoms with E-state index in [1.807, 2.05) is 24.3 Å². The number of benzene rings is 2. The van der Waals surface area contributed by atoms with Crippen LogP contribution in [0.4, 0.5) is 5.69 Å². The number of ether oxygens (including phenoxy) is 3. The highest BCUT2D eigenvalue weighted by atomic mass is 16.5. The largest absolute Gasteiger partial charge is 0.497 e. The van der Waals surface area contributed by atoms with Gasteiger partial charge in [0, 0.05) is 12.1 Å². The van der Waals surface area contributed by atoms with Crippen LogP contribution in [-0.2, 0) is 16.0 Å². The van der Waals surface area contributed by atoms with E-state index in [0.717, 1.165) is 5.56 Å². The normalized spacial score (nSPS) is 15.5. The molecule has 1 heterocycles. The van der Waals surface area contributed by atoms with Crippen LogP contribution in [0.2, 0.25) is 0 Å². The third-order valence-corrected chi connectivity index (χ3v) is 4.31. The van der Waals surface area contributed by atoms with Crippen molar-refractivity contribution in [2.45, 2.75) is 12.5 Å². The SMILES string of the molecule is COC(=O)C1Cc2ccccc2N1C(=O)c1cc(OC)ccc1OC. The van der Waals surface area contributed by atoms with E-state index >= 15 is 0 Å². The van der Waals surface area contributed by atoms with E-state index in [9.17, 15) is 9.59 Å². The molecule has 3 rings (SSSR count). The molecule has 0 saturated heterocycles. The molecule has 0 N–H and O–H groups in total. The molecule has 2 aromatic rings. The molecule has 6 nitrogen and oxygen atoms in total. The number of carbonyl (C=O) groups is 2. The van der Waals surface area contributed by atoms with Gasteiger partial charge in [0.1, 0.15) is 17.5 Å². The van der Waals surface area contributed by atoms with Crippen LogP contribution in [0.25, 0.3) is 0 Å². The highest BCUT2D eigenvalue weighted by Crippen LogP contribution is 2.36. The Hall–Kier alpha value is -3.02. The number of carbonyl (C=O) groups excluding carboxylic acids is 2. The maximum Gasteiger partial charge on any atom is 0.329 e. The van der Waals surface area contributed by atoms with Gasteiger partial charge in [-0.1, -0.05) is 18.2 Å². The second-order valence-electron chi connectivity index (χ2n) is 5.61. The number of rotatable bonds is 4. The number of esters is 1. The van der Waals surface area contributed by atoms with E-state index in [1.165, 1.54) is 26.2 Å². The molecule has 0 aromatic heterocycles. The number of fused-ring (bicyclic) bond motifs is 1. The molecular formula is C19H19NO5. The quantitative estimate of drug-likeness (QED) is 0.799. The Labute approximate surface area is 145 Å². The third-order valence-electron chi connectivity index (χ3n) is 4.31. The summed E-state index contributed by atoms with van der Waals surface area (Å²) >= 11 is 0. The van der Waals surface area contributed by atoms with Gasteiger partial charge in [0.05, 0.1) is 26.9 Å². The lowest BCUT2D eigenvalue weighted by molar-refractivity contribution is -0.141. The highest BCUT2D eigenvalue weighted by Gasteiger charge is 2.40. The summed E-state index contributed by atoms with van der Waals surface area (Å²) in [6.45, 7) is 0. The Bertz CT molecular complexity index is 817. The molecule has 2 aromatic carbocycles. The highest BCUT2D eigenvalue weighted by molar-refractivity contribution is 6.12. The van der Waals surface area contributed by atoms with Crippen LogP contribution in [0.15, 0.2) is 42.5 Å². The number of hydrogen-bond acceptors (Lipinski definition) is 5. The molecular weight excluding hydrogens is 322 g/mol. The van der Waals surface area contributed by atoms with Crippen molar-refractivity contribution in [1.29, 1.82) is 0 Å². The molecule has 130 valence electrons. The van der Waals surface area contributed by atoms with Crippen molar-refractivity contribution in [3.05, 3.63) is 53.6 Å². The maximum atomic E-state index is 13.3. The molecule has 0 spiro atoms. The van der Waals surface area contributed by atoms with Crippen molar-refractivity contribution in [2.24, 2.45) is 0 Å². The summed E-state index contributed by atoms with van der Waals surface area (Å²) in [6, 6.07) is 11.7. The number of methoxy groups -OCH3 is 3. The molecule has 25 heavy (non-hydrogen) atoms. The Morgan fingerprint density at radius 3 is 2.48 bits per heavy atom. The summed E-state index contributed by atoms with van der Waals surface area (Å²) in [5, 5.41) is 0. The van der Waals surface area contributed by atoms with Crippen molar-refractivity contribution < 1.29 is 23.8 Å². The first-order valence-electron chi connectivity index (χ1n) is 7.82. The lowest BCUT2D eigenvalue weighted by atomic mass is 10.1. The van der Waals surface area contributed by atoms with Gasteiger partial charge in [-0.05, 0) is 29.8 Å². The van der Waals surface area contributed by atoms with Crippen LogP contribution in [0.3, 0.4) is 0 Å². The minimum Gasteiger partial charge on any atom is -0.497 e. The first-order valence-corrected chi connectivity index (χ1v) is 7.82. The average Bonchev–Trinajstić information content (AvgIpc) is 3.05. The monoisotopic (exact) mass is 341 g/mol. The number of anilines is 1. The summed E-state index contributed by atoms with van der Waals surface area (Å²) in [4.78, 5) is 27.0. The first kappa shape index (κ1) is 16.8. The second kappa shape index (κ2) is 6.84. The number of nitrogens with zero attached hydrogens (tertiary/aromatic N) is 1.